The third-order valence-corrected chi connectivity index (χ3v) is 5.31. The lowest BCUT2D eigenvalue weighted by Gasteiger charge is -2.36. The van der Waals surface area contributed by atoms with Crippen LogP contribution in [0.25, 0.3) is 0 Å². The van der Waals surface area contributed by atoms with E-state index >= 15 is 0 Å². The minimum absolute atomic E-state index is 0.0503. The Morgan fingerprint density at radius 2 is 2.09 bits per heavy atom. The van der Waals surface area contributed by atoms with Crippen LogP contribution in [0.2, 0.25) is 0 Å². The molecular weight excluding hydrogens is 502 g/mol. The molecule has 9 nitrogen and oxygen atoms in total. The highest BCUT2D eigenvalue weighted by Crippen LogP contribution is 2.24. The second kappa shape index (κ2) is 12.7. The van der Waals surface area contributed by atoms with Crippen LogP contribution in [0.4, 0.5) is 0 Å². The van der Waals surface area contributed by atoms with Gasteiger partial charge in [0.15, 0.2) is 5.11 Å². The first-order chi connectivity index (χ1) is 15.2. The van der Waals surface area contributed by atoms with E-state index in [4.69, 9.17) is 26.4 Å². The van der Waals surface area contributed by atoms with Crippen LogP contribution >= 0.6 is 28.1 Å². The first-order valence-electron chi connectivity index (χ1n) is 10.2. The predicted molar refractivity (Wildman–Crippen MR) is 125 cm³/mol. The summed E-state index contributed by atoms with van der Waals surface area (Å²) in [4.78, 5) is 39.0. The number of nitrogens with one attached hydrogen (secondary N) is 2. The van der Waals surface area contributed by atoms with E-state index in [1.807, 2.05) is 13.8 Å². The fraction of sp³-hybridized carbons (Fsp3) is 0.524. The number of carbonyl (C=O) groups excluding carboxylic acids is 3. The molecule has 2 amide bonds. The maximum atomic E-state index is 13.0. The Hall–Kier alpha value is -2.24. The van der Waals surface area contributed by atoms with Gasteiger partial charge in [-0.25, -0.2) is 0 Å². The fourth-order valence-corrected chi connectivity index (χ4v) is 3.59. The van der Waals surface area contributed by atoms with E-state index in [2.05, 4.69) is 26.6 Å². The molecule has 32 heavy (non-hydrogen) atoms. The van der Waals surface area contributed by atoms with Gasteiger partial charge in [-0.05, 0) is 36.3 Å². The summed E-state index contributed by atoms with van der Waals surface area (Å²) in [7, 11) is 1.50. The van der Waals surface area contributed by atoms with Gasteiger partial charge in [0.1, 0.15) is 18.4 Å². The number of methoxy groups -OCH3 is 1. The van der Waals surface area contributed by atoms with E-state index in [1.54, 1.807) is 18.2 Å². The SMILES string of the molecule is COCCOC(=O)CC1C(=O)NCCN1C(=S)NC(=O)c1cc(Br)ccc1OCC(C)C. The average Bonchev–Trinajstić information content (AvgIpc) is 2.74. The normalized spacial score (nSPS) is 15.8. The van der Waals surface area contributed by atoms with Gasteiger partial charge in [0.05, 0.1) is 25.2 Å². The molecule has 0 spiro atoms. The molecule has 0 saturated carbocycles. The van der Waals surface area contributed by atoms with Crippen molar-refractivity contribution in [2.24, 2.45) is 5.92 Å². The zero-order valence-electron chi connectivity index (χ0n) is 18.3. The number of benzene rings is 1. The van der Waals surface area contributed by atoms with Crippen LogP contribution in [0.1, 0.15) is 30.6 Å². The number of hydrogen-bond donors (Lipinski definition) is 2. The largest absolute Gasteiger partial charge is 0.492 e. The zero-order valence-corrected chi connectivity index (χ0v) is 20.7. The molecule has 1 unspecified atom stereocenters. The maximum absolute atomic E-state index is 13.0. The molecule has 0 radical (unpaired) electrons. The predicted octanol–water partition coefficient (Wildman–Crippen LogP) is 1.88. The Balaban J connectivity index is 2.10. The highest BCUT2D eigenvalue weighted by Gasteiger charge is 2.34. The monoisotopic (exact) mass is 529 g/mol. The Labute approximate surface area is 201 Å². The first-order valence-corrected chi connectivity index (χ1v) is 11.4. The van der Waals surface area contributed by atoms with Crippen molar-refractivity contribution in [2.45, 2.75) is 26.3 Å². The molecule has 1 aliphatic heterocycles. The van der Waals surface area contributed by atoms with E-state index in [-0.39, 0.29) is 36.6 Å². The number of thiocarbonyl (C=S) groups is 1. The Morgan fingerprint density at radius 3 is 2.78 bits per heavy atom. The molecule has 1 aromatic rings. The maximum Gasteiger partial charge on any atom is 0.308 e. The van der Waals surface area contributed by atoms with Crippen molar-refractivity contribution in [3.63, 3.8) is 0 Å². The first kappa shape index (κ1) is 26.0. The summed E-state index contributed by atoms with van der Waals surface area (Å²) in [5, 5.41) is 5.42. The van der Waals surface area contributed by atoms with E-state index in [0.29, 0.717) is 35.5 Å². The molecule has 1 aromatic carbocycles. The number of hydrogen-bond acceptors (Lipinski definition) is 7. The molecule has 1 aliphatic rings. The van der Waals surface area contributed by atoms with Gasteiger partial charge >= 0.3 is 5.97 Å². The van der Waals surface area contributed by atoms with Gasteiger partial charge in [-0.1, -0.05) is 29.8 Å². The average molecular weight is 530 g/mol. The van der Waals surface area contributed by atoms with Gasteiger partial charge in [-0.3, -0.25) is 19.7 Å². The van der Waals surface area contributed by atoms with Crippen LogP contribution in [-0.4, -0.2) is 73.9 Å². The molecule has 2 rings (SSSR count). The number of nitrogens with zero attached hydrogens (tertiary/aromatic N) is 1. The molecule has 0 bridgehead atoms. The Bertz CT molecular complexity index is 851. The van der Waals surface area contributed by atoms with Crippen LogP contribution in [-0.2, 0) is 19.1 Å². The standard InChI is InChI=1S/C21H28BrN3O6S/c1-13(2)12-31-17-5-4-14(22)10-15(17)19(27)24-21(32)25-7-6-23-20(28)16(25)11-18(26)30-9-8-29-3/h4-5,10,13,16H,6-9,11-12H2,1-3H3,(H,23,28)(H,24,27,32). The molecule has 2 N–H and O–H groups in total. The van der Waals surface area contributed by atoms with Crippen LogP contribution in [0, 0.1) is 5.92 Å². The van der Waals surface area contributed by atoms with Gasteiger partial charge in [0.2, 0.25) is 5.91 Å². The van der Waals surface area contributed by atoms with Gasteiger partial charge in [0, 0.05) is 24.7 Å². The van der Waals surface area contributed by atoms with E-state index in [9.17, 15) is 14.4 Å². The van der Waals surface area contributed by atoms with Gasteiger partial charge in [0.25, 0.3) is 5.91 Å². The number of esters is 1. The quantitative estimate of drug-likeness (QED) is 0.283. The minimum atomic E-state index is -0.884. The summed E-state index contributed by atoms with van der Waals surface area (Å²) in [5.41, 5.74) is 0.305. The molecule has 0 aromatic heterocycles. The number of carbonyl (C=O) groups is 3. The summed E-state index contributed by atoms with van der Waals surface area (Å²) in [6.45, 7) is 5.50. The molecule has 1 heterocycles. The number of rotatable bonds is 9. The van der Waals surface area contributed by atoms with Crippen molar-refractivity contribution in [3.05, 3.63) is 28.2 Å². The molecule has 176 valence electrons. The summed E-state index contributed by atoms with van der Waals surface area (Å²) >= 11 is 8.78. The number of ether oxygens (including phenoxy) is 3. The second-order valence-electron chi connectivity index (χ2n) is 7.52. The zero-order chi connectivity index (χ0) is 23.7. The van der Waals surface area contributed by atoms with Crippen molar-refractivity contribution in [3.8, 4) is 5.75 Å². The van der Waals surface area contributed by atoms with Crippen molar-refractivity contribution in [2.75, 3.05) is 40.0 Å². The van der Waals surface area contributed by atoms with Crippen LogP contribution < -0.4 is 15.4 Å². The van der Waals surface area contributed by atoms with Crippen molar-refractivity contribution in [1.82, 2.24) is 15.5 Å². The summed E-state index contributed by atoms with van der Waals surface area (Å²) in [6, 6.07) is 4.25. The van der Waals surface area contributed by atoms with Crippen LogP contribution in [0.3, 0.4) is 0 Å². The summed E-state index contributed by atoms with van der Waals surface area (Å²) < 4.78 is 16.4. The third-order valence-electron chi connectivity index (χ3n) is 4.48. The smallest absolute Gasteiger partial charge is 0.308 e. The second-order valence-corrected chi connectivity index (χ2v) is 8.82. The molecule has 1 atom stereocenters. The van der Waals surface area contributed by atoms with E-state index in [0.717, 1.165) is 0 Å². The molecular formula is C21H28BrN3O6S. The van der Waals surface area contributed by atoms with Crippen molar-refractivity contribution in [1.29, 1.82) is 0 Å². The number of amides is 2. The Morgan fingerprint density at radius 1 is 1.34 bits per heavy atom. The number of halogens is 1. The lowest BCUT2D eigenvalue weighted by atomic mass is 10.1. The lowest BCUT2D eigenvalue weighted by molar-refractivity contribution is -0.148. The number of piperazine rings is 1. The topological polar surface area (TPSA) is 106 Å². The van der Waals surface area contributed by atoms with E-state index < -0.39 is 17.9 Å². The third kappa shape index (κ3) is 7.72. The van der Waals surface area contributed by atoms with Crippen molar-refractivity contribution < 1.29 is 28.6 Å². The fourth-order valence-electron chi connectivity index (χ4n) is 2.91. The van der Waals surface area contributed by atoms with E-state index in [1.165, 1.54) is 12.0 Å². The van der Waals surface area contributed by atoms with Gasteiger partial charge in [-0.15, -0.1) is 0 Å². The molecule has 1 fully saturated rings. The Kier molecular flexibility index (Phi) is 10.3. The van der Waals surface area contributed by atoms with Crippen LogP contribution in [0.5, 0.6) is 5.75 Å². The van der Waals surface area contributed by atoms with Gasteiger partial charge in [-0.2, -0.15) is 0 Å². The summed E-state index contributed by atoms with van der Waals surface area (Å²) in [5.74, 6) is -0.675. The van der Waals surface area contributed by atoms with Crippen LogP contribution in [0.15, 0.2) is 22.7 Å². The van der Waals surface area contributed by atoms with Crippen molar-refractivity contribution >= 4 is 51.0 Å². The molecule has 11 heteroatoms. The summed E-state index contributed by atoms with van der Waals surface area (Å²) in [6.07, 6.45) is -0.203. The van der Waals surface area contributed by atoms with Gasteiger partial charge < -0.3 is 24.4 Å². The highest BCUT2D eigenvalue weighted by molar-refractivity contribution is 9.10. The molecule has 0 aliphatic carbocycles. The molecule has 1 saturated heterocycles. The highest BCUT2D eigenvalue weighted by atomic mass is 79.9. The minimum Gasteiger partial charge on any atom is -0.492 e. The lowest BCUT2D eigenvalue weighted by Crippen LogP contribution is -2.60.